The molecule has 0 N–H and O–H groups in total. The Morgan fingerprint density at radius 2 is 0.897 bits per heavy atom. The summed E-state index contributed by atoms with van der Waals surface area (Å²) in [5.41, 5.74) is 0. The molecule has 0 saturated carbocycles. The molecule has 0 fully saturated rings. The van der Waals surface area contributed by atoms with Crippen molar-refractivity contribution in [3.8, 4) is 5.75 Å². The van der Waals surface area contributed by atoms with Gasteiger partial charge in [-0.3, -0.25) is 0 Å². The van der Waals surface area contributed by atoms with Gasteiger partial charge in [0.25, 0.3) is 0 Å². The Hall–Kier alpha value is 0.107. The molecule has 1 rings (SSSR count). The molecule has 0 bridgehead atoms. The minimum absolute atomic E-state index is 0.820. The van der Waals surface area contributed by atoms with Gasteiger partial charge in [0.2, 0.25) is 0 Å². The van der Waals surface area contributed by atoms with E-state index < -0.39 is 6.00 Å². The van der Waals surface area contributed by atoms with E-state index in [2.05, 4.69) is 0 Å². The highest BCUT2D eigenvalue weighted by Crippen LogP contribution is 2.27. The zero-order valence-corrected chi connectivity index (χ0v) is 21.4. The fraction of sp³-hybridized carbons (Fsp3) is 0.750. The van der Waals surface area contributed by atoms with Gasteiger partial charge < -0.3 is 4.74 Å². The molecule has 0 radical (unpaired) electrons. The normalized spacial score (nSPS) is 11.7. The Morgan fingerprint density at radius 1 is 0.517 bits per heavy atom. The van der Waals surface area contributed by atoms with Crippen LogP contribution in [0.2, 0.25) is 6.04 Å². The van der Waals surface area contributed by atoms with E-state index in [0.29, 0.717) is 0 Å². The van der Waals surface area contributed by atoms with Crippen molar-refractivity contribution >= 4 is 39.2 Å². The van der Waals surface area contributed by atoms with E-state index in [1.165, 1.54) is 96.3 Å². The average Bonchev–Trinajstić information content (AvgIpc) is 2.69. The van der Waals surface area contributed by atoms with Crippen LogP contribution in [0.5, 0.6) is 5.75 Å². The summed E-state index contributed by atoms with van der Waals surface area (Å²) in [4.78, 5) is 0. The number of halogens is 3. The second-order valence-electron chi connectivity index (χ2n) is 8.18. The molecule has 0 aliphatic heterocycles. The zero-order valence-electron chi connectivity index (χ0n) is 18.2. The maximum atomic E-state index is 5.89. The number of benzene rings is 1. The molecule has 168 valence electrons. The molecule has 29 heavy (non-hydrogen) atoms. The van der Waals surface area contributed by atoms with Gasteiger partial charge in [-0.25, -0.2) is 0 Å². The molecule has 5 heteroatoms. The standard InChI is InChI=1S/C24H41Cl3OSi/c25-29(26,27)23-19-14-12-10-8-6-4-2-1-3-5-7-9-11-13-18-22-28-24-20-16-15-17-21-24/h15-17,20-21H,1-14,18-19,22-23H2. The first-order chi connectivity index (χ1) is 14.1. The fourth-order valence-corrected chi connectivity index (χ4v) is 5.46. The summed E-state index contributed by atoms with van der Waals surface area (Å²) in [5, 5.41) is 0. The van der Waals surface area contributed by atoms with Gasteiger partial charge in [0.05, 0.1) is 6.61 Å². The number of hydrogen-bond donors (Lipinski definition) is 0. The summed E-state index contributed by atoms with van der Waals surface area (Å²) in [5.74, 6) is 0.992. The number of hydrogen-bond acceptors (Lipinski definition) is 1. The van der Waals surface area contributed by atoms with Crippen LogP contribution in [0, 0.1) is 0 Å². The molecule has 0 aliphatic carbocycles. The SMILES string of the molecule is Cl[Si](Cl)(Cl)CCCCCCCCCCCCCCCCCCOc1ccccc1. The summed E-state index contributed by atoms with van der Waals surface area (Å²) in [6.45, 7) is 0.848. The third-order valence-corrected chi connectivity index (χ3v) is 7.99. The smallest absolute Gasteiger partial charge is 0.341 e. The Bertz CT molecular complexity index is 465. The van der Waals surface area contributed by atoms with Gasteiger partial charge in [0.1, 0.15) is 5.75 Å². The molecule has 1 nitrogen and oxygen atoms in total. The largest absolute Gasteiger partial charge is 0.494 e. The highest BCUT2D eigenvalue weighted by molar-refractivity contribution is 7.64. The lowest BCUT2D eigenvalue weighted by Crippen LogP contribution is -2.07. The van der Waals surface area contributed by atoms with Crippen molar-refractivity contribution in [2.75, 3.05) is 6.61 Å². The number of ether oxygens (including phenoxy) is 1. The van der Waals surface area contributed by atoms with Crippen molar-refractivity contribution < 1.29 is 4.74 Å². The average molecular weight is 480 g/mol. The maximum absolute atomic E-state index is 5.89. The van der Waals surface area contributed by atoms with Crippen molar-refractivity contribution in [1.29, 1.82) is 0 Å². The molecule has 0 atom stereocenters. The lowest BCUT2D eigenvalue weighted by Gasteiger charge is -2.07. The summed E-state index contributed by atoms with van der Waals surface area (Å²) >= 11 is 17.7. The minimum Gasteiger partial charge on any atom is -0.494 e. The Morgan fingerprint density at radius 3 is 1.31 bits per heavy atom. The molecule has 0 aromatic heterocycles. The van der Waals surface area contributed by atoms with Gasteiger partial charge in [-0.1, -0.05) is 115 Å². The molecule has 0 heterocycles. The van der Waals surface area contributed by atoms with Crippen LogP contribution in [0.15, 0.2) is 30.3 Å². The van der Waals surface area contributed by atoms with Crippen LogP contribution in [0.25, 0.3) is 0 Å². The minimum atomic E-state index is -2.37. The van der Waals surface area contributed by atoms with E-state index in [-0.39, 0.29) is 0 Å². The van der Waals surface area contributed by atoms with E-state index >= 15 is 0 Å². The number of para-hydroxylation sites is 1. The van der Waals surface area contributed by atoms with Gasteiger partial charge in [-0.2, -0.15) is 0 Å². The highest BCUT2D eigenvalue weighted by atomic mass is 35.8. The van der Waals surface area contributed by atoms with E-state index in [4.69, 9.17) is 38.0 Å². The zero-order chi connectivity index (χ0) is 21.0. The van der Waals surface area contributed by atoms with Crippen molar-refractivity contribution in [2.45, 2.75) is 109 Å². The van der Waals surface area contributed by atoms with E-state index in [1.807, 2.05) is 30.3 Å². The lowest BCUT2D eigenvalue weighted by molar-refractivity contribution is 0.304. The summed E-state index contributed by atoms with van der Waals surface area (Å²) < 4.78 is 5.73. The number of rotatable bonds is 20. The molecule has 0 unspecified atom stereocenters. The molecule has 1 aromatic rings. The highest BCUT2D eigenvalue weighted by Gasteiger charge is 2.23. The quantitative estimate of drug-likeness (QED) is 0.103. The summed E-state index contributed by atoms with van der Waals surface area (Å²) in [6, 6.07) is 8.57. The first kappa shape index (κ1) is 27.1. The van der Waals surface area contributed by atoms with Crippen molar-refractivity contribution in [1.82, 2.24) is 0 Å². The second kappa shape index (κ2) is 18.8. The third kappa shape index (κ3) is 19.8. The predicted octanol–water partition coefficient (Wildman–Crippen LogP) is 9.96. The van der Waals surface area contributed by atoms with Crippen LogP contribution in [0.1, 0.15) is 103 Å². The summed E-state index contributed by atoms with van der Waals surface area (Å²) in [6.07, 6.45) is 21.4. The van der Waals surface area contributed by atoms with Gasteiger partial charge in [-0.05, 0) is 24.6 Å². The molecule has 0 aliphatic rings. The number of unbranched alkanes of at least 4 members (excludes halogenated alkanes) is 15. The predicted molar refractivity (Wildman–Crippen MR) is 134 cm³/mol. The van der Waals surface area contributed by atoms with Gasteiger partial charge in [-0.15, -0.1) is 33.2 Å². The lowest BCUT2D eigenvalue weighted by atomic mass is 10.0. The fourth-order valence-electron chi connectivity index (χ4n) is 3.61. The van der Waals surface area contributed by atoms with Crippen LogP contribution in [0.4, 0.5) is 0 Å². The Balaban J connectivity index is 1.69. The maximum Gasteiger partial charge on any atom is 0.341 e. The van der Waals surface area contributed by atoms with E-state index in [0.717, 1.165) is 24.8 Å². The molecular formula is C24H41Cl3OSi. The first-order valence-electron chi connectivity index (χ1n) is 11.8. The van der Waals surface area contributed by atoms with Crippen molar-refractivity contribution in [3.05, 3.63) is 30.3 Å². The van der Waals surface area contributed by atoms with Crippen molar-refractivity contribution in [3.63, 3.8) is 0 Å². The van der Waals surface area contributed by atoms with Crippen LogP contribution < -0.4 is 4.74 Å². The second-order valence-corrected chi connectivity index (χ2v) is 17.5. The van der Waals surface area contributed by atoms with E-state index in [1.54, 1.807) is 0 Å². The topological polar surface area (TPSA) is 9.23 Å². The van der Waals surface area contributed by atoms with E-state index in [9.17, 15) is 0 Å². The Kier molecular flexibility index (Phi) is 17.6. The Labute approximate surface area is 195 Å². The summed E-state index contributed by atoms with van der Waals surface area (Å²) in [7, 11) is 0. The molecule has 0 amide bonds. The molecule has 1 aromatic carbocycles. The third-order valence-electron chi connectivity index (χ3n) is 5.37. The van der Waals surface area contributed by atoms with Crippen LogP contribution >= 0.6 is 33.2 Å². The molecular weight excluding hydrogens is 439 g/mol. The van der Waals surface area contributed by atoms with Crippen LogP contribution in [-0.4, -0.2) is 12.6 Å². The molecule has 0 spiro atoms. The van der Waals surface area contributed by atoms with Crippen LogP contribution in [0.3, 0.4) is 0 Å². The van der Waals surface area contributed by atoms with Crippen molar-refractivity contribution in [2.24, 2.45) is 0 Å². The van der Waals surface area contributed by atoms with Crippen LogP contribution in [-0.2, 0) is 0 Å². The monoisotopic (exact) mass is 478 g/mol. The first-order valence-corrected chi connectivity index (χ1v) is 17.1. The van der Waals surface area contributed by atoms with Gasteiger partial charge in [0.15, 0.2) is 0 Å². The van der Waals surface area contributed by atoms with Gasteiger partial charge in [0, 0.05) is 0 Å². The molecule has 0 saturated heterocycles. The van der Waals surface area contributed by atoms with Gasteiger partial charge >= 0.3 is 6.00 Å².